The van der Waals surface area contributed by atoms with Crippen LogP contribution in [0.15, 0.2) is 55.1 Å². The SMILES string of the molecule is C=CCOc1ccc(C(=O)/C=C/c2cc(OCC)c(OCC)c(C(C)(C)C)c2)cc1. The first kappa shape index (κ1) is 23.3. The van der Waals surface area contributed by atoms with Crippen LogP contribution in [0, 0.1) is 0 Å². The van der Waals surface area contributed by atoms with Crippen molar-refractivity contribution in [1.82, 2.24) is 0 Å². The molecule has 0 atom stereocenters. The third-order valence-electron chi connectivity index (χ3n) is 4.41. The van der Waals surface area contributed by atoms with Crippen LogP contribution in [0.4, 0.5) is 0 Å². The highest BCUT2D eigenvalue weighted by molar-refractivity contribution is 6.06. The Bertz CT molecular complexity index is 886. The summed E-state index contributed by atoms with van der Waals surface area (Å²) in [5.41, 5.74) is 2.41. The minimum Gasteiger partial charge on any atom is -0.490 e. The molecule has 0 aliphatic heterocycles. The Kier molecular flexibility index (Phi) is 8.28. The van der Waals surface area contributed by atoms with Crippen LogP contribution < -0.4 is 14.2 Å². The topological polar surface area (TPSA) is 44.8 Å². The third kappa shape index (κ3) is 6.24. The first-order chi connectivity index (χ1) is 14.3. The molecular formula is C26H32O4. The standard InChI is InChI=1S/C26H32O4/c1-7-16-30-21-13-11-20(12-14-21)23(27)15-10-19-17-22(26(4,5)6)25(29-9-3)24(18-19)28-8-2/h7,10-15,17-18H,1,8-9,16H2,2-6H3/b15-10+. The van der Waals surface area contributed by atoms with E-state index in [0.717, 1.165) is 16.9 Å². The molecule has 0 saturated heterocycles. The van der Waals surface area contributed by atoms with E-state index >= 15 is 0 Å². The monoisotopic (exact) mass is 408 g/mol. The summed E-state index contributed by atoms with van der Waals surface area (Å²) in [6.07, 6.45) is 5.08. The molecule has 0 unspecified atom stereocenters. The summed E-state index contributed by atoms with van der Waals surface area (Å²) in [4.78, 5) is 12.6. The number of rotatable bonds is 10. The van der Waals surface area contributed by atoms with Gasteiger partial charge in [-0.2, -0.15) is 0 Å². The molecule has 0 amide bonds. The maximum atomic E-state index is 12.6. The van der Waals surface area contributed by atoms with Crippen molar-refractivity contribution in [3.63, 3.8) is 0 Å². The Labute approximate surface area is 180 Å². The van der Waals surface area contributed by atoms with E-state index in [9.17, 15) is 4.79 Å². The fourth-order valence-corrected chi connectivity index (χ4v) is 2.97. The minimum atomic E-state index is -0.133. The van der Waals surface area contributed by atoms with Crippen LogP contribution >= 0.6 is 0 Å². The Balaban J connectivity index is 2.31. The van der Waals surface area contributed by atoms with E-state index in [1.54, 1.807) is 36.4 Å². The molecule has 30 heavy (non-hydrogen) atoms. The highest BCUT2D eigenvalue weighted by Crippen LogP contribution is 2.40. The van der Waals surface area contributed by atoms with Crippen LogP contribution in [0.5, 0.6) is 17.2 Å². The largest absolute Gasteiger partial charge is 0.490 e. The molecule has 2 aromatic rings. The minimum absolute atomic E-state index is 0.0746. The molecule has 0 radical (unpaired) electrons. The van der Waals surface area contributed by atoms with Gasteiger partial charge in [0.05, 0.1) is 13.2 Å². The van der Waals surface area contributed by atoms with Gasteiger partial charge in [0.15, 0.2) is 17.3 Å². The zero-order valence-electron chi connectivity index (χ0n) is 18.7. The second-order valence-corrected chi connectivity index (χ2v) is 7.83. The molecule has 0 heterocycles. The molecule has 0 aliphatic rings. The number of carbonyl (C=O) groups is 1. The van der Waals surface area contributed by atoms with E-state index in [0.29, 0.717) is 36.9 Å². The van der Waals surface area contributed by atoms with E-state index in [4.69, 9.17) is 14.2 Å². The van der Waals surface area contributed by atoms with Crippen molar-refractivity contribution in [3.05, 3.63) is 71.8 Å². The fourth-order valence-electron chi connectivity index (χ4n) is 2.97. The van der Waals surface area contributed by atoms with Gasteiger partial charge in [-0.3, -0.25) is 4.79 Å². The smallest absolute Gasteiger partial charge is 0.185 e. The Hall–Kier alpha value is -3.01. The lowest BCUT2D eigenvalue weighted by atomic mass is 9.85. The van der Waals surface area contributed by atoms with Gasteiger partial charge in [-0.15, -0.1) is 0 Å². The number of carbonyl (C=O) groups excluding carboxylic acids is 1. The van der Waals surface area contributed by atoms with Crippen molar-refractivity contribution in [2.75, 3.05) is 19.8 Å². The second kappa shape index (κ2) is 10.7. The lowest BCUT2D eigenvalue weighted by Gasteiger charge is -2.25. The Morgan fingerprint density at radius 2 is 1.67 bits per heavy atom. The maximum Gasteiger partial charge on any atom is 0.185 e. The summed E-state index contributed by atoms with van der Waals surface area (Å²) in [6.45, 7) is 15.5. The molecule has 0 fully saturated rings. The van der Waals surface area contributed by atoms with Crippen LogP contribution in [0.25, 0.3) is 6.08 Å². The predicted octanol–water partition coefficient (Wildman–Crippen LogP) is 6.24. The first-order valence-corrected chi connectivity index (χ1v) is 10.3. The summed E-state index contributed by atoms with van der Waals surface area (Å²) < 4.78 is 17.2. The molecule has 160 valence electrons. The van der Waals surface area contributed by atoms with E-state index in [2.05, 4.69) is 33.4 Å². The molecule has 2 rings (SSSR count). The number of ketones is 1. The Morgan fingerprint density at radius 1 is 1.00 bits per heavy atom. The number of hydrogen-bond acceptors (Lipinski definition) is 4. The zero-order valence-corrected chi connectivity index (χ0v) is 18.7. The van der Waals surface area contributed by atoms with Gasteiger partial charge in [0, 0.05) is 11.1 Å². The average Bonchev–Trinajstić information content (AvgIpc) is 2.71. The van der Waals surface area contributed by atoms with Gasteiger partial charge in [0.2, 0.25) is 0 Å². The maximum absolute atomic E-state index is 12.6. The first-order valence-electron chi connectivity index (χ1n) is 10.3. The van der Waals surface area contributed by atoms with Crippen molar-refractivity contribution in [1.29, 1.82) is 0 Å². The van der Waals surface area contributed by atoms with Gasteiger partial charge in [0.1, 0.15) is 12.4 Å². The van der Waals surface area contributed by atoms with E-state index in [-0.39, 0.29) is 11.2 Å². The zero-order chi connectivity index (χ0) is 22.1. The normalized spacial score (nSPS) is 11.4. The van der Waals surface area contributed by atoms with Crippen molar-refractivity contribution >= 4 is 11.9 Å². The molecule has 0 saturated carbocycles. The van der Waals surface area contributed by atoms with Crippen molar-refractivity contribution in [2.24, 2.45) is 0 Å². The highest BCUT2D eigenvalue weighted by atomic mass is 16.5. The van der Waals surface area contributed by atoms with Gasteiger partial charge in [0.25, 0.3) is 0 Å². The quantitative estimate of drug-likeness (QED) is 0.265. The van der Waals surface area contributed by atoms with Crippen LogP contribution in [-0.4, -0.2) is 25.6 Å². The summed E-state index contributed by atoms with van der Waals surface area (Å²) in [5, 5.41) is 0. The molecule has 4 nitrogen and oxygen atoms in total. The summed E-state index contributed by atoms with van der Waals surface area (Å²) in [6, 6.07) is 11.1. The summed E-state index contributed by atoms with van der Waals surface area (Å²) >= 11 is 0. The van der Waals surface area contributed by atoms with Gasteiger partial charge in [-0.05, 0) is 67.3 Å². The number of hydrogen-bond donors (Lipinski definition) is 0. The van der Waals surface area contributed by atoms with E-state index in [1.165, 1.54) is 0 Å². The lowest BCUT2D eigenvalue weighted by molar-refractivity contribution is 0.104. The predicted molar refractivity (Wildman–Crippen MR) is 123 cm³/mol. The molecule has 2 aromatic carbocycles. The van der Waals surface area contributed by atoms with E-state index in [1.807, 2.05) is 26.0 Å². The lowest BCUT2D eigenvalue weighted by Crippen LogP contribution is -2.15. The van der Waals surface area contributed by atoms with Crippen LogP contribution in [0.2, 0.25) is 0 Å². The highest BCUT2D eigenvalue weighted by Gasteiger charge is 2.23. The molecule has 0 spiro atoms. The molecule has 0 bridgehead atoms. The van der Waals surface area contributed by atoms with Crippen LogP contribution in [0.1, 0.15) is 56.1 Å². The number of benzene rings is 2. The fraction of sp³-hybridized carbons (Fsp3) is 0.346. The summed E-state index contributed by atoms with van der Waals surface area (Å²) in [7, 11) is 0. The van der Waals surface area contributed by atoms with Crippen molar-refractivity contribution in [3.8, 4) is 17.2 Å². The average molecular weight is 409 g/mol. The third-order valence-corrected chi connectivity index (χ3v) is 4.41. The molecular weight excluding hydrogens is 376 g/mol. The molecule has 0 aromatic heterocycles. The number of ether oxygens (including phenoxy) is 3. The van der Waals surface area contributed by atoms with Crippen LogP contribution in [0.3, 0.4) is 0 Å². The van der Waals surface area contributed by atoms with Gasteiger partial charge in [-0.25, -0.2) is 0 Å². The summed E-state index contributed by atoms with van der Waals surface area (Å²) in [5.74, 6) is 2.10. The molecule has 0 N–H and O–H groups in total. The van der Waals surface area contributed by atoms with E-state index < -0.39 is 0 Å². The number of allylic oxidation sites excluding steroid dienone is 1. The van der Waals surface area contributed by atoms with Gasteiger partial charge < -0.3 is 14.2 Å². The van der Waals surface area contributed by atoms with Crippen molar-refractivity contribution < 1.29 is 19.0 Å². The van der Waals surface area contributed by atoms with Crippen LogP contribution in [-0.2, 0) is 5.41 Å². The van der Waals surface area contributed by atoms with Gasteiger partial charge >= 0.3 is 0 Å². The molecule has 4 heteroatoms. The Morgan fingerprint density at radius 3 is 2.23 bits per heavy atom. The molecule has 0 aliphatic carbocycles. The van der Waals surface area contributed by atoms with Gasteiger partial charge in [-0.1, -0.05) is 39.5 Å². The second-order valence-electron chi connectivity index (χ2n) is 7.83. The van der Waals surface area contributed by atoms with Crippen molar-refractivity contribution in [2.45, 2.75) is 40.0 Å².